The molecule has 5 nitrogen and oxygen atoms in total. The van der Waals surface area contributed by atoms with Gasteiger partial charge in [-0.05, 0) is 12.5 Å². The maximum absolute atomic E-state index is 14.1. The van der Waals surface area contributed by atoms with E-state index < -0.39 is 6.03 Å². The number of urea groups is 1. The highest BCUT2D eigenvalue weighted by atomic mass is 19.1. The van der Waals surface area contributed by atoms with Crippen LogP contribution in [0.5, 0.6) is 0 Å². The molecule has 0 bridgehead atoms. The van der Waals surface area contributed by atoms with Crippen molar-refractivity contribution in [1.29, 1.82) is 0 Å². The number of imide groups is 1. The number of anilines is 1. The minimum atomic E-state index is -0.503. The molecule has 6 heteroatoms. The molecule has 0 spiro atoms. The smallest absolute Gasteiger partial charge is 0.291 e. The van der Waals surface area contributed by atoms with Crippen molar-refractivity contribution in [3.05, 3.63) is 35.9 Å². The fourth-order valence-corrected chi connectivity index (χ4v) is 2.31. The van der Waals surface area contributed by atoms with Crippen molar-refractivity contribution in [2.24, 2.45) is 0 Å². The van der Waals surface area contributed by atoms with Crippen LogP contribution in [-0.2, 0) is 4.79 Å². The predicted octanol–water partition coefficient (Wildman–Crippen LogP) is 2.13. The molecule has 0 radical (unpaired) electrons. The lowest BCUT2D eigenvalue weighted by molar-refractivity contribution is -0.120. The number of halogens is 1. The Kier molecular flexibility index (Phi) is 2.85. The Balaban J connectivity index is 2.15. The highest BCUT2D eigenvalue weighted by Crippen LogP contribution is 2.29. The first-order chi connectivity index (χ1) is 9.58. The molecule has 102 valence electrons. The van der Waals surface area contributed by atoms with Gasteiger partial charge < -0.3 is 0 Å². The molecule has 3 amide bonds. The molecule has 3 rings (SSSR count). The standard InChI is InChI=1S/C14H12FN3O2/c1-8-2-3-9-10(13(8)15)6-16-7-11(9)18-5-4-12(19)17-14(18)20/h2-3,6-7H,4-5H2,1H3,(H,17,19,20). The van der Waals surface area contributed by atoms with Crippen LogP contribution in [0.1, 0.15) is 12.0 Å². The number of nitrogens with one attached hydrogen (secondary N) is 1. The van der Waals surface area contributed by atoms with Gasteiger partial charge in [-0.2, -0.15) is 0 Å². The van der Waals surface area contributed by atoms with Gasteiger partial charge in [0.25, 0.3) is 0 Å². The Hall–Kier alpha value is -2.50. The van der Waals surface area contributed by atoms with Crippen LogP contribution in [0.2, 0.25) is 0 Å². The summed E-state index contributed by atoms with van der Waals surface area (Å²) in [5.74, 6) is -0.646. The van der Waals surface area contributed by atoms with Crippen LogP contribution < -0.4 is 10.2 Å². The SMILES string of the molecule is Cc1ccc2c(N3CCC(=O)NC3=O)cncc2c1F. The molecule has 1 aromatic carbocycles. The van der Waals surface area contributed by atoms with E-state index in [0.717, 1.165) is 0 Å². The number of hydrogen-bond acceptors (Lipinski definition) is 3. The Morgan fingerprint density at radius 3 is 2.80 bits per heavy atom. The van der Waals surface area contributed by atoms with Gasteiger partial charge in [0.1, 0.15) is 5.82 Å². The first-order valence-corrected chi connectivity index (χ1v) is 6.22. The lowest BCUT2D eigenvalue weighted by Crippen LogP contribution is -2.49. The molecule has 1 N–H and O–H groups in total. The summed E-state index contributed by atoms with van der Waals surface area (Å²) in [6.45, 7) is 1.94. The third kappa shape index (κ3) is 1.89. The molecule has 1 fully saturated rings. The Bertz CT molecular complexity index is 730. The third-order valence-corrected chi connectivity index (χ3v) is 3.39. The minimum absolute atomic E-state index is 0.219. The number of nitrogens with zero attached hydrogens (tertiary/aromatic N) is 2. The number of benzene rings is 1. The van der Waals surface area contributed by atoms with E-state index in [9.17, 15) is 14.0 Å². The second kappa shape index (κ2) is 4.56. The lowest BCUT2D eigenvalue weighted by atomic mass is 10.1. The van der Waals surface area contributed by atoms with E-state index in [4.69, 9.17) is 0 Å². The van der Waals surface area contributed by atoms with E-state index in [1.807, 2.05) is 0 Å². The van der Waals surface area contributed by atoms with E-state index in [-0.39, 0.29) is 24.7 Å². The van der Waals surface area contributed by atoms with Crippen molar-refractivity contribution < 1.29 is 14.0 Å². The quantitative estimate of drug-likeness (QED) is 0.865. The zero-order chi connectivity index (χ0) is 14.3. The molecule has 2 aromatic rings. The van der Waals surface area contributed by atoms with E-state index in [1.54, 1.807) is 19.1 Å². The number of carbonyl (C=O) groups is 2. The third-order valence-electron chi connectivity index (χ3n) is 3.39. The average Bonchev–Trinajstić information content (AvgIpc) is 2.43. The monoisotopic (exact) mass is 273 g/mol. The van der Waals surface area contributed by atoms with E-state index >= 15 is 0 Å². The summed E-state index contributed by atoms with van der Waals surface area (Å²) >= 11 is 0. The number of fused-ring (bicyclic) bond motifs is 1. The van der Waals surface area contributed by atoms with Crippen LogP contribution in [0.25, 0.3) is 10.8 Å². The van der Waals surface area contributed by atoms with Gasteiger partial charge in [-0.3, -0.25) is 20.0 Å². The van der Waals surface area contributed by atoms with Crippen molar-refractivity contribution in [2.75, 3.05) is 11.4 Å². The number of carbonyl (C=O) groups excluding carboxylic acids is 2. The Morgan fingerprint density at radius 1 is 1.25 bits per heavy atom. The fourth-order valence-electron chi connectivity index (χ4n) is 2.31. The summed E-state index contributed by atoms with van der Waals surface area (Å²) in [5, 5.41) is 3.22. The summed E-state index contributed by atoms with van der Waals surface area (Å²) in [6, 6.07) is 2.92. The number of pyridine rings is 1. The van der Waals surface area contributed by atoms with E-state index in [2.05, 4.69) is 10.3 Å². The van der Waals surface area contributed by atoms with Crippen molar-refractivity contribution in [3.63, 3.8) is 0 Å². The average molecular weight is 273 g/mol. The number of aryl methyl sites for hydroxylation is 1. The maximum atomic E-state index is 14.1. The summed E-state index contributed by atoms with van der Waals surface area (Å²) in [7, 11) is 0. The molecule has 20 heavy (non-hydrogen) atoms. The number of rotatable bonds is 1. The van der Waals surface area contributed by atoms with Crippen LogP contribution in [0.15, 0.2) is 24.5 Å². The second-order valence-electron chi connectivity index (χ2n) is 4.71. The predicted molar refractivity (Wildman–Crippen MR) is 71.9 cm³/mol. The Labute approximate surface area is 114 Å². The highest BCUT2D eigenvalue weighted by molar-refractivity contribution is 6.09. The minimum Gasteiger partial charge on any atom is -0.291 e. The van der Waals surface area contributed by atoms with Gasteiger partial charge in [-0.25, -0.2) is 9.18 Å². The van der Waals surface area contributed by atoms with Gasteiger partial charge in [0.15, 0.2) is 0 Å². The topological polar surface area (TPSA) is 62.3 Å². The van der Waals surface area contributed by atoms with Gasteiger partial charge in [-0.15, -0.1) is 0 Å². The molecule has 0 atom stereocenters. The van der Waals surface area contributed by atoms with E-state index in [1.165, 1.54) is 17.3 Å². The molecule has 0 aliphatic carbocycles. The van der Waals surface area contributed by atoms with Gasteiger partial charge >= 0.3 is 6.03 Å². The largest absolute Gasteiger partial charge is 0.328 e. The van der Waals surface area contributed by atoms with Crippen LogP contribution in [0.3, 0.4) is 0 Å². The number of aromatic nitrogens is 1. The zero-order valence-electron chi connectivity index (χ0n) is 10.8. The molecular weight excluding hydrogens is 261 g/mol. The first-order valence-electron chi connectivity index (χ1n) is 6.22. The number of amides is 3. The zero-order valence-corrected chi connectivity index (χ0v) is 10.8. The molecule has 1 saturated heterocycles. The van der Waals surface area contributed by atoms with Crippen molar-refractivity contribution in [3.8, 4) is 0 Å². The summed E-state index contributed by atoms with van der Waals surface area (Å²) in [6.07, 6.45) is 3.16. The Morgan fingerprint density at radius 2 is 2.05 bits per heavy atom. The summed E-state index contributed by atoms with van der Waals surface area (Å²) in [4.78, 5) is 28.5. The van der Waals surface area contributed by atoms with Crippen LogP contribution in [0, 0.1) is 12.7 Å². The normalized spacial score (nSPS) is 15.6. The van der Waals surface area contributed by atoms with Crippen molar-refractivity contribution >= 4 is 28.4 Å². The molecule has 1 aliphatic heterocycles. The van der Waals surface area contributed by atoms with Crippen LogP contribution in [-0.4, -0.2) is 23.5 Å². The summed E-state index contributed by atoms with van der Waals surface area (Å²) < 4.78 is 14.1. The van der Waals surface area contributed by atoms with Crippen LogP contribution >= 0.6 is 0 Å². The molecule has 2 heterocycles. The van der Waals surface area contributed by atoms with Gasteiger partial charge in [0, 0.05) is 29.9 Å². The summed E-state index contributed by atoms with van der Waals surface area (Å²) in [5.41, 5.74) is 1.03. The van der Waals surface area contributed by atoms with Gasteiger partial charge in [-0.1, -0.05) is 12.1 Å². The van der Waals surface area contributed by atoms with Gasteiger partial charge in [0.05, 0.1) is 11.9 Å². The second-order valence-corrected chi connectivity index (χ2v) is 4.71. The van der Waals surface area contributed by atoms with Gasteiger partial charge in [0.2, 0.25) is 5.91 Å². The lowest BCUT2D eigenvalue weighted by Gasteiger charge is -2.27. The molecule has 1 aromatic heterocycles. The fraction of sp³-hybridized carbons (Fsp3) is 0.214. The highest BCUT2D eigenvalue weighted by Gasteiger charge is 2.26. The van der Waals surface area contributed by atoms with Crippen molar-refractivity contribution in [2.45, 2.75) is 13.3 Å². The molecule has 0 saturated carbocycles. The van der Waals surface area contributed by atoms with E-state index in [0.29, 0.717) is 22.0 Å². The maximum Gasteiger partial charge on any atom is 0.328 e. The molecule has 1 aliphatic rings. The van der Waals surface area contributed by atoms with Crippen LogP contribution in [0.4, 0.5) is 14.9 Å². The first kappa shape index (κ1) is 12.5. The molecule has 0 unspecified atom stereocenters. The number of hydrogen-bond donors (Lipinski definition) is 1. The molecular formula is C14H12FN3O2. The van der Waals surface area contributed by atoms with Crippen molar-refractivity contribution in [1.82, 2.24) is 10.3 Å².